The third kappa shape index (κ3) is 4.35. The SMILES string of the molecule is CCn1cc(Nc2nc(NC3CCC(N4CCOCC4)CC3)c3c(cnn3C)n2)cn1. The van der Waals surface area contributed by atoms with Crippen molar-refractivity contribution < 1.29 is 4.74 Å². The van der Waals surface area contributed by atoms with Crippen molar-refractivity contribution in [3.05, 3.63) is 18.6 Å². The summed E-state index contributed by atoms with van der Waals surface area (Å²) in [6, 6.07) is 1.08. The summed E-state index contributed by atoms with van der Waals surface area (Å²) in [6.07, 6.45) is 10.2. The molecule has 1 aliphatic carbocycles. The second-order valence-electron chi connectivity index (χ2n) is 8.41. The molecule has 5 rings (SSSR count). The highest BCUT2D eigenvalue weighted by molar-refractivity contribution is 5.87. The number of hydrogen-bond donors (Lipinski definition) is 2. The standard InChI is InChI=1S/C21H31N9O/c1-3-30-14-16(12-23-30)25-21-26-18-13-22-28(2)19(18)20(27-21)24-15-4-6-17(7-5-15)29-8-10-31-11-9-29/h12-15,17H,3-11H2,1-2H3,(H2,24,25,26,27). The molecular formula is C21H31N9O. The topological polar surface area (TPSA) is 98.0 Å². The van der Waals surface area contributed by atoms with Gasteiger partial charge in [-0.2, -0.15) is 15.2 Å². The largest absolute Gasteiger partial charge is 0.379 e. The second kappa shape index (κ2) is 8.80. The van der Waals surface area contributed by atoms with E-state index < -0.39 is 0 Å². The van der Waals surface area contributed by atoms with E-state index in [1.54, 1.807) is 12.4 Å². The van der Waals surface area contributed by atoms with Crippen LogP contribution in [0, 0.1) is 0 Å². The van der Waals surface area contributed by atoms with Gasteiger partial charge < -0.3 is 15.4 Å². The number of ether oxygens (including phenoxy) is 1. The molecule has 1 saturated heterocycles. The molecule has 0 atom stereocenters. The van der Waals surface area contributed by atoms with Crippen LogP contribution in [0.1, 0.15) is 32.6 Å². The third-order valence-corrected chi connectivity index (χ3v) is 6.40. The number of nitrogens with zero attached hydrogens (tertiary/aromatic N) is 7. The third-order valence-electron chi connectivity index (χ3n) is 6.40. The first kappa shape index (κ1) is 20.2. The molecule has 0 radical (unpaired) electrons. The van der Waals surface area contributed by atoms with Crippen molar-refractivity contribution in [2.45, 2.75) is 51.2 Å². The van der Waals surface area contributed by atoms with Crippen LogP contribution in [-0.2, 0) is 18.3 Å². The molecule has 2 fully saturated rings. The molecule has 0 bridgehead atoms. The van der Waals surface area contributed by atoms with Crippen molar-refractivity contribution in [3.63, 3.8) is 0 Å². The molecule has 4 heterocycles. The molecule has 0 aromatic carbocycles. The Balaban J connectivity index is 1.31. The average Bonchev–Trinajstić information content (AvgIpc) is 3.41. The minimum Gasteiger partial charge on any atom is -0.379 e. The maximum absolute atomic E-state index is 5.51. The Morgan fingerprint density at radius 2 is 1.87 bits per heavy atom. The van der Waals surface area contributed by atoms with Crippen LogP contribution in [-0.4, -0.2) is 72.8 Å². The van der Waals surface area contributed by atoms with Crippen LogP contribution in [0.25, 0.3) is 11.0 Å². The van der Waals surface area contributed by atoms with Crippen LogP contribution in [0.15, 0.2) is 18.6 Å². The Morgan fingerprint density at radius 1 is 1.06 bits per heavy atom. The molecule has 2 N–H and O–H groups in total. The molecule has 166 valence electrons. The fraction of sp³-hybridized carbons (Fsp3) is 0.619. The second-order valence-corrected chi connectivity index (χ2v) is 8.41. The van der Waals surface area contributed by atoms with E-state index >= 15 is 0 Å². The molecule has 1 saturated carbocycles. The van der Waals surface area contributed by atoms with Gasteiger partial charge in [0.15, 0.2) is 5.82 Å². The van der Waals surface area contributed by atoms with Crippen molar-refractivity contribution >= 4 is 28.5 Å². The zero-order chi connectivity index (χ0) is 21.2. The summed E-state index contributed by atoms with van der Waals surface area (Å²) in [5.74, 6) is 1.39. The van der Waals surface area contributed by atoms with Crippen LogP contribution in [0.5, 0.6) is 0 Å². The van der Waals surface area contributed by atoms with Crippen molar-refractivity contribution in [3.8, 4) is 0 Å². The number of aromatic nitrogens is 6. The number of morpholine rings is 1. The Labute approximate surface area is 182 Å². The summed E-state index contributed by atoms with van der Waals surface area (Å²) in [6.45, 7) is 6.74. The summed E-state index contributed by atoms with van der Waals surface area (Å²) in [5.41, 5.74) is 2.64. The van der Waals surface area contributed by atoms with Gasteiger partial charge in [0.25, 0.3) is 0 Å². The van der Waals surface area contributed by atoms with Gasteiger partial charge in [-0.05, 0) is 32.6 Å². The summed E-state index contributed by atoms with van der Waals surface area (Å²) < 4.78 is 9.22. The van der Waals surface area contributed by atoms with Crippen molar-refractivity contribution in [1.82, 2.24) is 34.4 Å². The van der Waals surface area contributed by atoms with E-state index in [2.05, 4.69) is 37.6 Å². The maximum atomic E-state index is 5.51. The van der Waals surface area contributed by atoms with Gasteiger partial charge in [0.2, 0.25) is 5.95 Å². The van der Waals surface area contributed by atoms with E-state index in [-0.39, 0.29) is 0 Å². The molecule has 0 amide bonds. The van der Waals surface area contributed by atoms with Gasteiger partial charge in [-0.1, -0.05) is 0 Å². The predicted molar refractivity (Wildman–Crippen MR) is 120 cm³/mol. The number of fused-ring (bicyclic) bond motifs is 1. The molecule has 31 heavy (non-hydrogen) atoms. The first-order chi connectivity index (χ1) is 15.2. The van der Waals surface area contributed by atoms with E-state index in [0.717, 1.165) is 68.2 Å². The fourth-order valence-electron chi connectivity index (χ4n) is 4.69. The Kier molecular flexibility index (Phi) is 5.73. The van der Waals surface area contributed by atoms with Gasteiger partial charge >= 0.3 is 0 Å². The number of nitrogens with one attached hydrogen (secondary N) is 2. The summed E-state index contributed by atoms with van der Waals surface area (Å²) in [7, 11) is 1.94. The number of hydrogen-bond acceptors (Lipinski definition) is 8. The van der Waals surface area contributed by atoms with Crippen LogP contribution in [0.3, 0.4) is 0 Å². The van der Waals surface area contributed by atoms with E-state index in [1.165, 1.54) is 12.8 Å². The van der Waals surface area contributed by atoms with Gasteiger partial charge in [0.1, 0.15) is 11.0 Å². The van der Waals surface area contributed by atoms with E-state index in [0.29, 0.717) is 18.0 Å². The van der Waals surface area contributed by atoms with E-state index in [9.17, 15) is 0 Å². The highest BCUT2D eigenvalue weighted by Gasteiger charge is 2.27. The number of aryl methyl sites for hydroxylation is 2. The number of anilines is 3. The zero-order valence-corrected chi connectivity index (χ0v) is 18.3. The molecule has 10 heteroatoms. The van der Waals surface area contributed by atoms with Gasteiger partial charge in [-0.25, -0.2) is 4.98 Å². The van der Waals surface area contributed by atoms with Gasteiger partial charge in [-0.15, -0.1) is 0 Å². The van der Waals surface area contributed by atoms with Gasteiger partial charge in [0.05, 0.1) is 31.3 Å². The molecule has 3 aromatic heterocycles. The van der Waals surface area contributed by atoms with Gasteiger partial charge in [0, 0.05) is 45.0 Å². The normalized spacial score (nSPS) is 22.6. The highest BCUT2D eigenvalue weighted by atomic mass is 16.5. The maximum Gasteiger partial charge on any atom is 0.230 e. The summed E-state index contributed by atoms with van der Waals surface area (Å²) in [4.78, 5) is 12.1. The lowest BCUT2D eigenvalue weighted by molar-refractivity contribution is 0.00791. The number of rotatable bonds is 6. The molecule has 2 aliphatic rings. The minimum absolute atomic E-state index is 0.404. The lowest BCUT2D eigenvalue weighted by atomic mass is 9.90. The molecule has 0 unspecified atom stereocenters. The molecular weight excluding hydrogens is 394 g/mol. The summed E-state index contributed by atoms with van der Waals surface area (Å²) in [5, 5.41) is 15.7. The Morgan fingerprint density at radius 3 is 2.61 bits per heavy atom. The predicted octanol–water partition coefficient (Wildman–Crippen LogP) is 2.38. The van der Waals surface area contributed by atoms with Gasteiger partial charge in [-0.3, -0.25) is 14.3 Å². The van der Waals surface area contributed by atoms with Crippen LogP contribution >= 0.6 is 0 Å². The molecule has 3 aromatic rings. The molecule has 0 spiro atoms. The highest BCUT2D eigenvalue weighted by Crippen LogP contribution is 2.29. The van der Waals surface area contributed by atoms with E-state index in [1.807, 2.05) is 22.6 Å². The summed E-state index contributed by atoms with van der Waals surface area (Å²) >= 11 is 0. The minimum atomic E-state index is 0.404. The van der Waals surface area contributed by atoms with Crippen molar-refractivity contribution in [2.75, 3.05) is 36.9 Å². The molecule has 10 nitrogen and oxygen atoms in total. The van der Waals surface area contributed by atoms with Crippen molar-refractivity contribution in [2.24, 2.45) is 7.05 Å². The zero-order valence-electron chi connectivity index (χ0n) is 18.3. The van der Waals surface area contributed by atoms with Crippen molar-refractivity contribution in [1.29, 1.82) is 0 Å². The van der Waals surface area contributed by atoms with Crippen LogP contribution in [0.2, 0.25) is 0 Å². The fourth-order valence-corrected chi connectivity index (χ4v) is 4.69. The smallest absolute Gasteiger partial charge is 0.230 e. The van der Waals surface area contributed by atoms with Crippen LogP contribution < -0.4 is 10.6 Å². The lowest BCUT2D eigenvalue weighted by Gasteiger charge is -2.39. The first-order valence-corrected chi connectivity index (χ1v) is 11.3. The van der Waals surface area contributed by atoms with Crippen LogP contribution in [0.4, 0.5) is 17.5 Å². The lowest BCUT2D eigenvalue weighted by Crippen LogP contribution is -2.46. The molecule has 1 aliphatic heterocycles. The van der Waals surface area contributed by atoms with E-state index in [4.69, 9.17) is 9.72 Å². The Hall–Kier alpha value is -2.72. The average molecular weight is 426 g/mol. The first-order valence-electron chi connectivity index (χ1n) is 11.3. The Bertz CT molecular complexity index is 1020. The monoisotopic (exact) mass is 425 g/mol. The quantitative estimate of drug-likeness (QED) is 0.621.